The number of hydrogen-bond donors (Lipinski definition) is 2. The van der Waals surface area contributed by atoms with E-state index in [4.69, 9.17) is 27.9 Å². The summed E-state index contributed by atoms with van der Waals surface area (Å²) in [7, 11) is 0. The summed E-state index contributed by atoms with van der Waals surface area (Å²) in [5.74, 6) is 0.609. The van der Waals surface area contributed by atoms with E-state index in [1.165, 1.54) is 0 Å². The molecule has 0 saturated carbocycles. The van der Waals surface area contributed by atoms with Crippen molar-refractivity contribution in [1.29, 1.82) is 0 Å². The van der Waals surface area contributed by atoms with E-state index in [2.05, 4.69) is 15.6 Å². The quantitative estimate of drug-likeness (QED) is 0.389. The molecule has 2 N–H and O–H groups in total. The fraction of sp³-hybridized carbons (Fsp3) is 0.0909. The first-order valence-electron chi connectivity index (χ1n) is 9.18. The molecule has 2 amide bonds. The first kappa shape index (κ1) is 20.1. The monoisotopic (exact) mass is 440 g/mol. The van der Waals surface area contributed by atoms with E-state index in [0.29, 0.717) is 38.4 Å². The van der Waals surface area contributed by atoms with Crippen molar-refractivity contribution in [3.8, 4) is 5.75 Å². The number of carbonyl (C=O) groups excluding carboxylic acids is 1. The van der Waals surface area contributed by atoms with Gasteiger partial charge in [0.15, 0.2) is 11.4 Å². The number of amides is 2. The van der Waals surface area contributed by atoms with Crippen LogP contribution in [0.1, 0.15) is 11.3 Å². The number of benzene rings is 2. The Labute approximate surface area is 183 Å². The lowest BCUT2D eigenvalue weighted by Gasteiger charge is -2.14. The van der Waals surface area contributed by atoms with Crippen LogP contribution < -0.4 is 15.4 Å². The molecule has 2 heterocycles. The van der Waals surface area contributed by atoms with Crippen LogP contribution in [0.25, 0.3) is 5.65 Å². The van der Waals surface area contributed by atoms with Crippen LogP contribution >= 0.6 is 23.2 Å². The van der Waals surface area contributed by atoms with E-state index in [0.717, 1.165) is 5.69 Å². The second kappa shape index (κ2) is 8.65. The van der Waals surface area contributed by atoms with Gasteiger partial charge in [0.25, 0.3) is 0 Å². The lowest BCUT2D eigenvalue weighted by Crippen LogP contribution is -2.19. The smallest absolute Gasteiger partial charge is 0.323 e. The van der Waals surface area contributed by atoms with Crippen molar-refractivity contribution in [3.63, 3.8) is 0 Å². The van der Waals surface area contributed by atoms with Crippen molar-refractivity contribution >= 4 is 46.3 Å². The number of aromatic nitrogens is 2. The van der Waals surface area contributed by atoms with E-state index in [9.17, 15) is 4.79 Å². The average molecular weight is 441 g/mol. The molecule has 30 heavy (non-hydrogen) atoms. The fourth-order valence-electron chi connectivity index (χ4n) is 3.00. The highest BCUT2D eigenvalue weighted by molar-refractivity contribution is 6.38. The second-order valence-corrected chi connectivity index (χ2v) is 7.39. The number of ether oxygens (including phenoxy) is 1. The van der Waals surface area contributed by atoms with Crippen LogP contribution in [0.2, 0.25) is 10.0 Å². The highest BCUT2D eigenvalue weighted by Crippen LogP contribution is 2.33. The van der Waals surface area contributed by atoms with Crippen LogP contribution in [-0.2, 0) is 6.61 Å². The standard InChI is InChI=1S/C22H18Cl2N4O2/c1-14-12-28-11-5-8-19(21(28)25-14)30-13-16-17(23)9-10-18(20(16)24)27-22(29)26-15-6-3-2-4-7-15/h2-12H,13H2,1H3,(H2,26,27,29). The van der Waals surface area contributed by atoms with Crippen molar-refractivity contribution in [2.24, 2.45) is 0 Å². The van der Waals surface area contributed by atoms with Crippen molar-refractivity contribution < 1.29 is 9.53 Å². The Morgan fingerprint density at radius 2 is 1.87 bits per heavy atom. The number of nitrogens with one attached hydrogen (secondary N) is 2. The van der Waals surface area contributed by atoms with Crippen LogP contribution in [0.4, 0.5) is 16.2 Å². The number of para-hydroxylation sites is 1. The second-order valence-electron chi connectivity index (χ2n) is 6.61. The van der Waals surface area contributed by atoms with Gasteiger partial charge in [-0.3, -0.25) is 0 Å². The number of hydrogen-bond acceptors (Lipinski definition) is 3. The molecule has 0 aliphatic carbocycles. The third-order valence-electron chi connectivity index (χ3n) is 4.41. The van der Waals surface area contributed by atoms with Crippen LogP contribution in [0, 0.1) is 6.92 Å². The van der Waals surface area contributed by atoms with Crippen molar-refractivity contribution in [1.82, 2.24) is 9.38 Å². The van der Waals surface area contributed by atoms with Crippen LogP contribution in [-0.4, -0.2) is 15.4 Å². The molecule has 0 bridgehead atoms. The number of fused-ring (bicyclic) bond motifs is 1. The lowest BCUT2D eigenvalue weighted by molar-refractivity contribution is 0.262. The Morgan fingerprint density at radius 3 is 2.67 bits per heavy atom. The molecular formula is C22H18Cl2N4O2. The molecule has 0 radical (unpaired) electrons. The number of aryl methyl sites for hydroxylation is 1. The van der Waals surface area contributed by atoms with E-state index in [1.54, 1.807) is 24.3 Å². The number of urea groups is 1. The number of carbonyl (C=O) groups is 1. The summed E-state index contributed by atoms with van der Waals surface area (Å²) in [4.78, 5) is 16.8. The molecule has 2 aromatic carbocycles. The Balaban J connectivity index is 1.51. The number of rotatable bonds is 5. The van der Waals surface area contributed by atoms with Gasteiger partial charge in [0.1, 0.15) is 6.61 Å². The SMILES string of the molecule is Cc1cn2cccc(OCc3c(Cl)ccc(NC(=O)Nc4ccccc4)c3Cl)c2n1. The molecule has 4 rings (SSSR count). The number of anilines is 2. The third-order valence-corrected chi connectivity index (χ3v) is 5.19. The molecule has 0 saturated heterocycles. The Kier molecular flexibility index (Phi) is 5.79. The van der Waals surface area contributed by atoms with Gasteiger partial charge in [-0.1, -0.05) is 41.4 Å². The maximum Gasteiger partial charge on any atom is 0.323 e. The summed E-state index contributed by atoms with van der Waals surface area (Å²) in [5.41, 5.74) is 3.27. The summed E-state index contributed by atoms with van der Waals surface area (Å²) in [6.07, 6.45) is 3.82. The molecule has 6 nitrogen and oxygen atoms in total. The predicted molar refractivity (Wildman–Crippen MR) is 120 cm³/mol. The summed E-state index contributed by atoms with van der Waals surface area (Å²) >= 11 is 12.9. The third kappa shape index (κ3) is 4.35. The average Bonchev–Trinajstić information content (AvgIpc) is 3.12. The molecule has 2 aromatic heterocycles. The van der Waals surface area contributed by atoms with Crippen LogP contribution in [0.15, 0.2) is 67.0 Å². The Bertz CT molecular complexity index is 1210. The molecule has 0 atom stereocenters. The van der Waals surface area contributed by atoms with Gasteiger partial charge in [-0.15, -0.1) is 0 Å². The van der Waals surface area contributed by atoms with Gasteiger partial charge in [-0.05, 0) is 43.3 Å². The molecule has 152 valence electrons. The van der Waals surface area contributed by atoms with Gasteiger partial charge in [0.05, 0.1) is 16.4 Å². The van der Waals surface area contributed by atoms with Gasteiger partial charge in [-0.2, -0.15) is 0 Å². The molecular weight excluding hydrogens is 423 g/mol. The topological polar surface area (TPSA) is 67.7 Å². The van der Waals surface area contributed by atoms with Gasteiger partial charge in [0, 0.05) is 28.7 Å². The van der Waals surface area contributed by atoms with Crippen molar-refractivity contribution in [2.75, 3.05) is 10.6 Å². The highest BCUT2D eigenvalue weighted by atomic mass is 35.5. The predicted octanol–water partition coefficient (Wildman–Crippen LogP) is 6.17. The number of nitrogens with zero attached hydrogens (tertiary/aromatic N) is 2. The minimum Gasteiger partial charge on any atom is -0.485 e. The molecule has 0 fully saturated rings. The molecule has 0 unspecified atom stereocenters. The number of halogens is 2. The summed E-state index contributed by atoms with van der Waals surface area (Å²) in [6, 6.07) is 15.7. The van der Waals surface area contributed by atoms with Gasteiger partial charge in [-0.25, -0.2) is 9.78 Å². The maximum atomic E-state index is 12.3. The zero-order valence-corrected chi connectivity index (χ0v) is 17.5. The molecule has 4 aromatic rings. The molecule has 0 aliphatic heterocycles. The van der Waals surface area contributed by atoms with Gasteiger partial charge >= 0.3 is 6.03 Å². The first-order valence-corrected chi connectivity index (χ1v) is 9.94. The lowest BCUT2D eigenvalue weighted by atomic mass is 10.2. The van der Waals surface area contributed by atoms with Crippen LogP contribution in [0.3, 0.4) is 0 Å². The van der Waals surface area contributed by atoms with E-state index in [-0.39, 0.29) is 6.61 Å². The van der Waals surface area contributed by atoms with E-state index < -0.39 is 6.03 Å². The number of imidazole rings is 1. The maximum absolute atomic E-state index is 12.3. The van der Waals surface area contributed by atoms with Gasteiger partial charge < -0.3 is 19.8 Å². The molecule has 0 spiro atoms. The highest BCUT2D eigenvalue weighted by Gasteiger charge is 2.15. The van der Waals surface area contributed by atoms with Crippen molar-refractivity contribution in [2.45, 2.75) is 13.5 Å². The minimum absolute atomic E-state index is 0.124. The van der Waals surface area contributed by atoms with Crippen molar-refractivity contribution in [3.05, 3.63) is 88.3 Å². The number of pyridine rings is 1. The first-order chi connectivity index (χ1) is 14.5. The zero-order chi connectivity index (χ0) is 21.1. The minimum atomic E-state index is -0.407. The summed E-state index contributed by atoms with van der Waals surface area (Å²) < 4.78 is 7.84. The van der Waals surface area contributed by atoms with Crippen LogP contribution in [0.5, 0.6) is 5.75 Å². The summed E-state index contributed by atoms with van der Waals surface area (Å²) in [6.45, 7) is 2.04. The fourth-order valence-corrected chi connectivity index (χ4v) is 3.53. The van der Waals surface area contributed by atoms with E-state index in [1.807, 2.05) is 54.0 Å². The normalized spacial score (nSPS) is 10.8. The molecule has 8 heteroatoms. The zero-order valence-electron chi connectivity index (χ0n) is 16.0. The Morgan fingerprint density at radius 1 is 1.07 bits per heavy atom. The largest absolute Gasteiger partial charge is 0.485 e. The Hall–Kier alpha value is -3.22. The molecule has 0 aliphatic rings. The van der Waals surface area contributed by atoms with E-state index >= 15 is 0 Å². The summed E-state index contributed by atoms with van der Waals surface area (Å²) in [5, 5.41) is 6.25. The van der Waals surface area contributed by atoms with Gasteiger partial charge in [0.2, 0.25) is 0 Å².